The third-order valence-electron chi connectivity index (χ3n) is 1.31. The Balaban J connectivity index is 3.13. The highest BCUT2D eigenvalue weighted by Crippen LogP contribution is 2.21. The summed E-state index contributed by atoms with van der Waals surface area (Å²) in [6, 6.07) is 5.30. The Morgan fingerprint density at radius 2 is 2.18 bits per heavy atom. The number of nitrogens with zero attached hydrogens (tertiary/aromatic N) is 1. The highest BCUT2D eigenvalue weighted by Gasteiger charge is 1.98. The molecule has 1 N–H and O–H groups in total. The summed E-state index contributed by atoms with van der Waals surface area (Å²) in [7, 11) is 0. The minimum absolute atomic E-state index is 0.116. The van der Waals surface area contributed by atoms with Crippen molar-refractivity contribution >= 4 is 28.3 Å². The molecule has 1 aromatic carbocycles. The zero-order valence-corrected chi connectivity index (χ0v) is 8.07. The van der Waals surface area contributed by atoms with Crippen molar-refractivity contribution in [1.82, 2.24) is 0 Å². The van der Waals surface area contributed by atoms with Gasteiger partial charge in [-0.1, -0.05) is 6.07 Å². The average Bonchev–Trinajstić information content (AvgIpc) is 1.94. The summed E-state index contributed by atoms with van der Waals surface area (Å²) in [5.74, 6) is 0. The minimum atomic E-state index is -0.116. The second-order valence-corrected chi connectivity index (χ2v) is 3.39. The molecule has 0 aliphatic rings. The number of hydrogen-bond acceptors (Lipinski definition) is 3. The van der Waals surface area contributed by atoms with Crippen LogP contribution in [0, 0.1) is 15.7 Å². The average molecular weight is 264 g/mol. The lowest BCUT2D eigenvalue weighted by Crippen LogP contribution is -2.08. The molecular formula is C7H7INO2-. The Bertz CT molecular complexity index is 263. The van der Waals surface area contributed by atoms with Crippen LogP contribution >= 0.6 is 22.6 Å². The van der Waals surface area contributed by atoms with Crippen molar-refractivity contribution in [3.63, 3.8) is 0 Å². The number of aryl methyl sites for hydroxylation is 1. The van der Waals surface area contributed by atoms with Crippen LogP contribution in [0.3, 0.4) is 0 Å². The van der Waals surface area contributed by atoms with Gasteiger partial charge in [0, 0.05) is 3.57 Å². The Hall–Kier alpha value is -0.330. The Kier molecular flexibility index (Phi) is 2.69. The van der Waals surface area contributed by atoms with Crippen LogP contribution < -0.4 is 5.23 Å². The van der Waals surface area contributed by atoms with E-state index < -0.39 is 0 Å². The van der Waals surface area contributed by atoms with Crippen LogP contribution in [0.25, 0.3) is 0 Å². The quantitative estimate of drug-likeness (QED) is 0.625. The molecule has 0 bridgehead atoms. The van der Waals surface area contributed by atoms with Crippen LogP contribution in [-0.4, -0.2) is 5.21 Å². The largest absolute Gasteiger partial charge is 0.733 e. The first kappa shape index (κ1) is 8.76. The zero-order valence-electron chi connectivity index (χ0n) is 5.91. The van der Waals surface area contributed by atoms with Crippen LogP contribution in [0.4, 0.5) is 5.69 Å². The smallest absolute Gasteiger partial charge is 0.0644 e. The van der Waals surface area contributed by atoms with Crippen LogP contribution in [-0.2, 0) is 0 Å². The number of benzene rings is 1. The molecule has 0 atom stereocenters. The van der Waals surface area contributed by atoms with Crippen molar-refractivity contribution in [2.75, 3.05) is 5.23 Å². The Morgan fingerprint density at radius 1 is 1.55 bits per heavy atom. The predicted octanol–water partition coefficient (Wildman–Crippen LogP) is 2.29. The molecule has 0 aliphatic heterocycles. The molecule has 60 valence electrons. The standard InChI is InChI=1S/C7H7INO2/c1-5-2-3-6(8)7(4-5)9(10)11/h2-4,10H,1H3/q-1. The van der Waals surface area contributed by atoms with E-state index >= 15 is 0 Å². The molecule has 0 radical (unpaired) electrons. The zero-order chi connectivity index (χ0) is 8.43. The first-order valence-corrected chi connectivity index (χ1v) is 4.11. The van der Waals surface area contributed by atoms with E-state index in [1.54, 1.807) is 12.1 Å². The third-order valence-corrected chi connectivity index (χ3v) is 2.22. The fourth-order valence-electron chi connectivity index (χ4n) is 0.769. The Labute approximate surface area is 78.3 Å². The van der Waals surface area contributed by atoms with Crippen LogP contribution in [0.1, 0.15) is 5.56 Å². The molecule has 0 spiro atoms. The molecule has 0 saturated carbocycles. The van der Waals surface area contributed by atoms with E-state index in [1.165, 1.54) is 0 Å². The lowest BCUT2D eigenvalue weighted by molar-refractivity contribution is 0.296. The lowest BCUT2D eigenvalue weighted by atomic mass is 10.2. The Morgan fingerprint density at radius 3 is 2.64 bits per heavy atom. The van der Waals surface area contributed by atoms with E-state index in [0.29, 0.717) is 5.69 Å². The van der Waals surface area contributed by atoms with Gasteiger partial charge in [0.05, 0.1) is 5.69 Å². The maximum Gasteiger partial charge on any atom is 0.0644 e. The molecule has 0 aromatic heterocycles. The number of halogens is 1. The molecule has 0 saturated heterocycles. The highest BCUT2D eigenvalue weighted by molar-refractivity contribution is 14.1. The minimum Gasteiger partial charge on any atom is -0.733 e. The third kappa shape index (κ3) is 2.05. The van der Waals surface area contributed by atoms with Crippen molar-refractivity contribution in [2.24, 2.45) is 0 Å². The molecule has 0 unspecified atom stereocenters. The predicted molar refractivity (Wildman–Crippen MR) is 51.5 cm³/mol. The van der Waals surface area contributed by atoms with Crippen LogP contribution in [0.15, 0.2) is 18.2 Å². The van der Waals surface area contributed by atoms with E-state index in [2.05, 4.69) is 0 Å². The first-order valence-electron chi connectivity index (χ1n) is 3.03. The van der Waals surface area contributed by atoms with Gasteiger partial charge in [0.15, 0.2) is 0 Å². The summed E-state index contributed by atoms with van der Waals surface area (Å²) in [6.07, 6.45) is 0. The lowest BCUT2D eigenvalue weighted by Gasteiger charge is -2.23. The number of rotatable bonds is 1. The van der Waals surface area contributed by atoms with Crippen molar-refractivity contribution in [3.8, 4) is 0 Å². The molecule has 0 heterocycles. The topological polar surface area (TPSA) is 46.5 Å². The number of hydrogen-bond donors (Lipinski definition) is 1. The second kappa shape index (κ2) is 3.38. The summed E-state index contributed by atoms with van der Waals surface area (Å²) in [6.45, 7) is 1.86. The van der Waals surface area contributed by atoms with Gasteiger partial charge in [-0.2, -0.15) is 0 Å². The maximum atomic E-state index is 10.5. The van der Waals surface area contributed by atoms with Gasteiger partial charge in [0.2, 0.25) is 0 Å². The fourth-order valence-corrected chi connectivity index (χ4v) is 1.31. The van der Waals surface area contributed by atoms with Crippen molar-refractivity contribution in [3.05, 3.63) is 32.5 Å². The normalized spacial score (nSPS) is 9.82. The van der Waals surface area contributed by atoms with Crippen molar-refractivity contribution in [1.29, 1.82) is 0 Å². The van der Waals surface area contributed by atoms with E-state index in [-0.39, 0.29) is 5.23 Å². The summed E-state index contributed by atoms with van der Waals surface area (Å²) in [5.41, 5.74) is 1.25. The second-order valence-electron chi connectivity index (χ2n) is 2.23. The molecule has 0 aliphatic carbocycles. The molecule has 1 rings (SSSR count). The summed E-state index contributed by atoms with van der Waals surface area (Å²) in [4.78, 5) is 0. The summed E-state index contributed by atoms with van der Waals surface area (Å²) < 4.78 is 0.741. The van der Waals surface area contributed by atoms with Gasteiger partial charge in [-0.25, -0.2) is 0 Å². The number of anilines is 1. The van der Waals surface area contributed by atoms with E-state index in [1.807, 2.05) is 35.6 Å². The van der Waals surface area contributed by atoms with Crippen LogP contribution in [0.5, 0.6) is 0 Å². The van der Waals surface area contributed by atoms with Crippen molar-refractivity contribution < 1.29 is 5.21 Å². The maximum absolute atomic E-state index is 10.5. The molecule has 1 aromatic rings. The monoisotopic (exact) mass is 264 g/mol. The molecular weight excluding hydrogens is 257 g/mol. The summed E-state index contributed by atoms with van der Waals surface area (Å²) >= 11 is 1.99. The van der Waals surface area contributed by atoms with Gasteiger partial charge in [0.25, 0.3) is 0 Å². The molecule has 3 nitrogen and oxygen atoms in total. The van der Waals surface area contributed by atoms with E-state index in [0.717, 1.165) is 9.13 Å². The molecule has 11 heavy (non-hydrogen) atoms. The highest BCUT2D eigenvalue weighted by atomic mass is 127. The van der Waals surface area contributed by atoms with Gasteiger partial charge in [-0.3, -0.25) is 5.21 Å². The van der Waals surface area contributed by atoms with Gasteiger partial charge in [0.1, 0.15) is 0 Å². The van der Waals surface area contributed by atoms with Gasteiger partial charge < -0.3 is 10.4 Å². The van der Waals surface area contributed by atoms with Gasteiger partial charge in [-0.05, 0) is 47.2 Å². The van der Waals surface area contributed by atoms with E-state index in [4.69, 9.17) is 5.21 Å². The molecule has 0 amide bonds. The van der Waals surface area contributed by atoms with Gasteiger partial charge >= 0.3 is 0 Å². The first-order chi connectivity index (χ1) is 5.11. The van der Waals surface area contributed by atoms with Crippen molar-refractivity contribution in [2.45, 2.75) is 6.92 Å². The van der Waals surface area contributed by atoms with Crippen LogP contribution in [0.2, 0.25) is 0 Å². The molecule has 4 heteroatoms. The van der Waals surface area contributed by atoms with E-state index in [9.17, 15) is 5.21 Å². The SMILES string of the molecule is Cc1ccc(I)c(N([O-])O)c1. The fraction of sp³-hybridized carbons (Fsp3) is 0.143. The molecule has 0 fully saturated rings. The van der Waals surface area contributed by atoms with Gasteiger partial charge in [-0.15, -0.1) is 0 Å². The summed E-state index contributed by atoms with van der Waals surface area (Å²) in [5, 5.41) is 19.0.